The summed E-state index contributed by atoms with van der Waals surface area (Å²) in [4.78, 5) is 25.3. The van der Waals surface area contributed by atoms with Crippen LogP contribution >= 0.6 is 0 Å². The number of hydrogen-bond donors (Lipinski definition) is 1. The highest BCUT2D eigenvalue weighted by molar-refractivity contribution is 6.07. The third-order valence-corrected chi connectivity index (χ3v) is 4.70. The van der Waals surface area contributed by atoms with Crippen LogP contribution in [0.4, 0.5) is 10.1 Å². The Bertz CT molecular complexity index is 909. The van der Waals surface area contributed by atoms with Gasteiger partial charge in [0, 0.05) is 17.7 Å². The number of esters is 1. The van der Waals surface area contributed by atoms with E-state index in [1.165, 1.54) is 12.1 Å². The van der Waals surface area contributed by atoms with Crippen LogP contribution in [0.15, 0.2) is 60.3 Å². The van der Waals surface area contributed by atoms with Gasteiger partial charge in [0.25, 0.3) is 0 Å². The summed E-state index contributed by atoms with van der Waals surface area (Å²) in [7, 11) is 1.55. The van der Waals surface area contributed by atoms with Gasteiger partial charge in [0.15, 0.2) is 5.78 Å². The standard InChI is InChI=1S/C22H22FNO4/c1-3-28-22(26)21-17(14-7-6-8-16(11-14)27-2)12-15(13-20(21)25)24-19-10-5-4-9-18(19)23/h4-11,13,17,21,24H,3,12H2,1-2H3. The summed E-state index contributed by atoms with van der Waals surface area (Å²) in [5, 5.41) is 2.98. The van der Waals surface area contributed by atoms with E-state index >= 15 is 0 Å². The van der Waals surface area contributed by atoms with Gasteiger partial charge in [-0.2, -0.15) is 0 Å². The minimum atomic E-state index is -0.946. The van der Waals surface area contributed by atoms with E-state index in [4.69, 9.17) is 9.47 Å². The lowest BCUT2D eigenvalue weighted by molar-refractivity contribution is -0.151. The molecule has 2 aromatic carbocycles. The molecule has 1 aliphatic carbocycles. The number of ether oxygens (including phenoxy) is 2. The van der Waals surface area contributed by atoms with Crippen LogP contribution in [-0.4, -0.2) is 25.5 Å². The van der Waals surface area contributed by atoms with E-state index in [0.29, 0.717) is 17.9 Å². The zero-order valence-electron chi connectivity index (χ0n) is 15.8. The summed E-state index contributed by atoms with van der Waals surface area (Å²) in [5.41, 5.74) is 1.61. The predicted molar refractivity (Wildman–Crippen MR) is 104 cm³/mol. The number of anilines is 1. The van der Waals surface area contributed by atoms with E-state index in [2.05, 4.69) is 5.32 Å². The second-order valence-corrected chi connectivity index (χ2v) is 6.49. The van der Waals surface area contributed by atoms with Crippen LogP contribution < -0.4 is 10.1 Å². The monoisotopic (exact) mass is 383 g/mol. The minimum Gasteiger partial charge on any atom is -0.497 e. The molecule has 5 nitrogen and oxygen atoms in total. The summed E-state index contributed by atoms with van der Waals surface area (Å²) in [6, 6.07) is 13.5. The van der Waals surface area contributed by atoms with Crippen LogP contribution in [0.3, 0.4) is 0 Å². The molecule has 1 aliphatic rings. The number of halogens is 1. The first-order valence-corrected chi connectivity index (χ1v) is 9.10. The second-order valence-electron chi connectivity index (χ2n) is 6.49. The van der Waals surface area contributed by atoms with Gasteiger partial charge in [-0.25, -0.2) is 4.39 Å². The molecule has 2 unspecified atom stereocenters. The van der Waals surface area contributed by atoms with Crippen molar-refractivity contribution in [3.05, 3.63) is 71.7 Å². The molecule has 6 heteroatoms. The smallest absolute Gasteiger partial charge is 0.317 e. The number of nitrogens with one attached hydrogen (secondary N) is 1. The molecule has 0 aromatic heterocycles. The highest BCUT2D eigenvalue weighted by atomic mass is 19.1. The SMILES string of the molecule is CCOC(=O)C1C(=O)C=C(Nc2ccccc2F)CC1c1cccc(OC)c1. The number of benzene rings is 2. The Morgan fingerprint density at radius 1 is 1.21 bits per heavy atom. The van der Waals surface area contributed by atoms with Crippen molar-refractivity contribution in [2.24, 2.45) is 5.92 Å². The van der Waals surface area contributed by atoms with Crippen molar-refractivity contribution in [3.63, 3.8) is 0 Å². The molecule has 0 saturated heterocycles. The Kier molecular flexibility index (Phi) is 6.09. The highest BCUT2D eigenvalue weighted by Crippen LogP contribution is 2.38. The Labute approximate surface area is 163 Å². The molecular weight excluding hydrogens is 361 g/mol. The van der Waals surface area contributed by atoms with Gasteiger partial charge in [-0.15, -0.1) is 0 Å². The molecule has 2 aromatic rings. The van der Waals surface area contributed by atoms with Crippen LogP contribution in [-0.2, 0) is 14.3 Å². The van der Waals surface area contributed by atoms with Gasteiger partial charge >= 0.3 is 5.97 Å². The van der Waals surface area contributed by atoms with E-state index in [1.807, 2.05) is 12.1 Å². The number of carbonyl (C=O) groups excluding carboxylic acids is 2. The third kappa shape index (κ3) is 4.22. The molecule has 3 rings (SSSR count). The quantitative estimate of drug-likeness (QED) is 0.602. The van der Waals surface area contributed by atoms with Crippen LogP contribution in [0.2, 0.25) is 0 Å². The molecule has 0 fully saturated rings. The Balaban J connectivity index is 1.96. The summed E-state index contributed by atoms with van der Waals surface area (Å²) in [5.74, 6) is -2.09. The number of ketones is 1. The van der Waals surface area contributed by atoms with Gasteiger partial charge in [0.05, 0.1) is 19.4 Å². The molecule has 0 bridgehead atoms. The van der Waals surface area contributed by atoms with E-state index < -0.39 is 23.6 Å². The van der Waals surface area contributed by atoms with Crippen LogP contribution in [0.1, 0.15) is 24.8 Å². The normalized spacial score (nSPS) is 19.0. The minimum absolute atomic E-state index is 0.192. The van der Waals surface area contributed by atoms with Crippen molar-refractivity contribution in [2.75, 3.05) is 19.0 Å². The molecular formula is C22H22FNO4. The highest BCUT2D eigenvalue weighted by Gasteiger charge is 2.39. The van der Waals surface area contributed by atoms with Gasteiger partial charge in [-0.3, -0.25) is 9.59 Å². The van der Waals surface area contributed by atoms with E-state index in [9.17, 15) is 14.0 Å². The lowest BCUT2D eigenvalue weighted by atomic mass is 9.76. The van der Waals surface area contributed by atoms with Gasteiger partial charge in [-0.05, 0) is 43.2 Å². The van der Waals surface area contributed by atoms with Crippen molar-refractivity contribution in [1.82, 2.24) is 0 Å². The number of allylic oxidation sites excluding steroid dienone is 2. The maximum atomic E-state index is 14.0. The van der Waals surface area contributed by atoms with Crippen LogP contribution in [0.5, 0.6) is 5.75 Å². The Morgan fingerprint density at radius 2 is 2.00 bits per heavy atom. The van der Waals surface area contributed by atoms with Gasteiger partial charge < -0.3 is 14.8 Å². The maximum absolute atomic E-state index is 14.0. The Morgan fingerprint density at radius 3 is 2.71 bits per heavy atom. The number of para-hydroxylation sites is 1. The largest absolute Gasteiger partial charge is 0.497 e. The molecule has 0 saturated carbocycles. The summed E-state index contributed by atoms with van der Waals surface area (Å²) < 4.78 is 24.4. The van der Waals surface area contributed by atoms with Gasteiger partial charge in [0.1, 0.15) is 17.5 Å². The fourth-order valence-corrected chi connectivity index (χ4v) is 3.39. The molecule has 0 spiro atoms. The number of hydrogen-bond acceptors (Lipinski definition) is 5. The average Bonchev–Trinajstić information content (AvgIpc) is 2.69. The molecule has 0 amide bonds. The van der Waals surface area contributed by atoms with Crippen molar-refractivity contribution in [1.29, 1.82) is 0 Å². The zero-order chi connectivity index (χ0) is 20.1. The number of carbonyl (C=O) groups is 2. The summed E-state index contributed by atoms with van der Waals surface area (Å²) in [6.07, 6.45) is 1.72. The van der Waals surface area contributed by atoms with Crippen molar-refractivity contribution < 1.29 is 23.5 Å². The average molecular weight is 383 g/mol. The molecule has 0 radical (unpaired) electrons. The lowest BCUT2D eigenvalue weighted by Gasteiger charge is -2.30. The van der Waals surface area contributed by atoms with E-state index in [-0.39, 0.29) is 18.1 Å². The molecule has 146 valence electrons. The number of methoxy groups -OCH3 is 1. The van der Waals surface area contributed by atoms with Crippen molar-refractivity contribution >= 4 is 17.4 Å². The van der Waals surface area contributed by atoms with Gasteiger partial charge in [0.2, 0.25) is 0 Å². The van der Waals surface area contributed by atoms with E-state index in [1.54, 1.807) is 44.4 Å². The van der Waals surface area contributed by atoms with Crippen molar-refractivity contribution in [2.45, 2.75) is 19.3 Å². The molecule has 2 atom stereocenters. The third-order valence-electron chi connectivity index (χ3n) is 4.70. The number of rotatable bonds is 6. The summed E-state index contributed by atoms with van der Waals surface area (Å²) in [6.45, 7) is 1.89. The topological polar surface area (TPSA) is 64.6 Å². The first-order valence-electron chi connectivity index (χ1n) is 9.10. The summed E-state index contributed by atoms with van der Waals surface area (Å²) >= 11 is 0. The second kappa shape index (κ2) is 8.69. The predicted octanol–water partition coefficient (Wildman–Crippen LogP) is 4.07. The fourth-order valence-electron chi connectivity index (χ4n) is 3.39. The first-order chi connectivity index (χ1) is 13.5. The Hall–Kier alpha value is -3.15. The fraction of sp³-hybridized carbons (Fsp3) is 0.273. The van der Waals surface area contributed by atoms with Gasteiger partial charge in [-0.1, -0.05) is 24.3 Å². The lowest BCUT2D eigenvalue weighted by Crippen LogP contribution is -2.35. The van der Waals surface area contributed by atoms with Crippen LogP contribution in [0.25, 0.3) is 0 Å². The van der Waals surface area contributed by atoms with E-state index in [0.717, 1.165) is 5.56 Å². The molecule has 0 aliphatic heterocycles. The molecule has 0 heterocycles. The maximum Gasteiger partial charge on any atom is 0.317 e. The molecule has 28 heavy (non-hydrogen) atoms. The zero-order valence-corrected chi connectivity index (χ0v) is 15.8. The first kappa shape index (κ1) is 19.6. The van der Waals surface area contributed by atoms with Crippen LogP contribution in [0, 0.1) is 11.7 Å². The molecule has 1 N–H and O–H groups in total. The van der Waals surface area contributed by atoms with Crippen molar-refractivity contribution in [3.8, 4) is 5.75 Å².